The second kappa shape index (κ2) is 5.00. The van der Waals surface area contributed by atoms with E-state index in [0.29, 0.717) is 30.0 Å². The van der Waals surface area contributed by atoms with Crippen molar-refractivity contribution in [2.75, 3.05) is 13.7 Å². The molecular formula is C11H12ClFN2O2. The van der Waals surface area contributed by atoms with Crippen LogP contribution in [0.3, 0.4) is 0 Å². The molecule has 6 heteroatoms. The number of hydrogen-bond acceptors (Lipinski definition) is 4. The van der Waals surface area contributed by atoms with Crippen LogP contribution in [0.25, 0.3) is 11.1 Å². The molecular weight excluding hydrogens is 247 g/mol. The van der Waals surface area contributed by atoms with Crippen LogP contribution in [0.15, 0.2) is 16.5 Å². The van der Waals surface area contributed by atoms with Crippen molar-refractivity contribution < 1.29 is 13.5 Å². The summed E-state index contributed by atoms with van der Waals surface area (Å²) in [6.07, 6.45) is 0.282. The smallest absolute Gasteiger partial charge is 0.198 e. The number of ether oxygens (including phenoxy) is 1. The Morgan fingerprint density at radius 1 is 1.59 bits per heavy atom. The Bertz CT molecular complexity index is 486. The van der Waals surface area contributed by atoms with Crippen molar-refractivity contribution in [2.24, 2.45) is 5.73 Å². The van der Waals surface area contributed by atoms with Crippen molar-refractivity contribution in [3.8, 4) is 0 Å². The first-order valence-corrected chi connectivity index (χ1v) is 5.49. The minimum Gasteiger partial charge on any atom is -0.440 e. The number of hydrogen-bond donors (Lipinski definition) is 1. The molecule has 0 aliphatic carbocycles. The molecule has 2 N–H and O–H groups in total. The molecule has 0 bridgehead atoms. The average molecular weight is 259 g/mol. The monoisotopic (exact) mass is 258 g/mol. The van der Waals surface area contributed by atoms with Gasteiger partial charge in [-0.15, -0.1) is 0 Å². The molecule has 1 unspecified atom stereocenters. The Morgan fingerprint density at radius 2 is 2.35 bits per heavy atom. The van der Waals surface area contributed by atoms with E-state index >= 15 is 0 Å². The van der Waals surface area contributed by atoms with Gasteiger partial charge in [0.05, 0.1) is 17.5 Å². The van der Waals surface area contributed by atoms with Crippen LogP contribution < -0.4 is 5.73 Å². The summed E-state index contributed by atoms with van der Waals surface area (Å²) in [5.74, 6) is -0.0667. The summed E-state index contributed by atoms with van der Waals surface area (Å²) in [5, 5.41) is 0.0273. The summed E-state index contributed by atoms with van der Waals surface area (Å²) >= 11 is 5.66. The Balaban J connectivity index is 2.31. The van der Waals surface area contributed by atoms with E-state index in [1.807, 2.05) is 0 Å². The number of halogens is 2. The van der Waals surface area contributed by atoms with E-state index in [2.05, 4.69) is 4.98 Å². The number of fused-ring (bicyclic) bond motifs is 1. The molecule has 1 aromatic carbocycles. The van der Waals surface area contributed by atoms with Crippen molar-refractivity contribution in [3.05, 3.63) is 28.9 Å². The third-order valence-corrected chi connectivity index (χ3v) is 2.76. The highest BCUT2D eigenvalue weighted by Gasteiger charge is 2.13. The minimum absolute atomic E-state index is 0.0273. The van der Waals surface area contributed by atoms with Crippen LogP contribution in [0.5, 0.6) is 0 Å². The Labute approximate surface area is 103 Å². The zero-order valence-electron chi connectivity index (χ0n) is 9.24. The van der Waals surface area contributed by atoms with Crippen molar-refractivity contribution in [1.29, 1.82) is 0 Å². The Hall–Kier alpha value is -1.17. The molecule has 0 aliphatic heterocycles. The highest BCUT2D eigenvalue weighted by molar-refractivity contribution is 6.31. The van der Waals surface area contributed by atoms with Gasteiger partial charge >= 0.3 is 0 Å². The molecule has 0 amide bonds. The summed E-state index contributed by atoms with van der Waals surface area (Å²) in [6, 6.07) is 2.65. The lowest BCUT2D eigenvalue weighted by Crippen LogP contribution is -2.24. The predicted octanol–water partition coefficient (Wildman–Crippen LogP) is 2.14. The lowest BCUT2D eigenvalue weighted by molar-refractivity contribution is 0.104. The summed E-state index contributed by atoms with van der Waals surface area (Å²) in [5.41, 5.74) is 6.39. The normalized spacial score (nSPS) is 13.2. The van der Waals surface area contributed by atoms with Gasteiger partial charge in [-0.3, -0.25) is 0 Å². The number of rotatable bonds is 4. The van der Waals surface area contributed by atoms with Crippen LogP contribution in [0.1, 0.15) is 5.89 Å². The molecule has 0 spiro atoms. The molecule has 92 valence electrons. The third-order valence-electron chi connectivity index (χ3n) is 2.47. The average Bonchev–Trinajstić information content (AvgIpc) is 2.68. The molecule has 17 heavy (non-hydrogen) atoms. The SMILES string of the molecule is COC(CN)Cc1nc2cc(Cl)c(F)cc2o1. The number of nitrogens with two attached hydrogens (primary N) is 1. The van der Waals surface area contributed by atoms with Crippen LogP contribution in [0, 0.1) is 5.82 Å². The summed E-state index contributed by atoms with van der Waals surface area (Å²) < 4.78 is 23.7. The number of nitrogens with zero attached hydrogens (tertiary/aromatic N) is 1. The first kappa shape index (κ1) is 12.3. The van der Waals surface area contributed by atoms with Crippen LogP contribution in [-0.2, 0) is 11.2 Å². The van der Waals surface area contributed by atoms with Crippen molar-refractivity contribution in [3.63, 3.8) is 0 Å². The van der Waals surface area contributed by atoms with Crippen molar-refractivity contribution in [2.45, 2.75) is 12.5 Å². The summed E-state index contributed by atoms with van der Waals surface area (Å²) in [6.45, 7) is 0.365. The summed E-state index contributed by atoms with van der Waals surface area (Å²) in [4.78, 5) is 4.20. The number of aromatic nitrogens is 1. The van der Waals surface area contributed by atoms with Gasteiger partial charge in [0.2, 0.25) is 0 Å². The van der Waals surface area contributed by atoms with Gasteiger partial charge in [-0.25, -0.2) is 9.37 Å². The molecule has 0 aliphatic rings. The zero-order valence-corrected chi connectivity index (χ0v) is 10.00. The van der Waals surface area contributed by atoms with Gasteiger partial charge in [0.25, 0.3) is 0 Å². The molecule has 1 aromatic heterocycles. The van der Waals surface area contributed by atoms with E-state index in [4.69, 9.17) is 26.5 Å². The van der Waals surface area contributed by atoms with Gasteiger partial charge in [-0.2, -0.15) is 0 Å². The number of benzene rings is 1. The van der Waals surface area contributed by atoms with Gasteiger partial charge in [0.1, 0.15) is 11.3 Å². The highest BCUT2D eigenvalue weighted by atomic mass is 35.5. The van der Waals surface area contributed by atoms with Crippen molar-refractivity contribution >= 4 is 22.7 Å². The Kier molecular flexibility index (Phi) is 3.61. The van der Waals surface area contributed by atoms with E-state index in [1.165, 1.54) is 12.1 Å². The number of oxazole rings is 1. The fraction of sp³-hybridized carbons (Fsp3) is 0.364. The predicted molar refractivity (Wildman–Crippen MR) is 62.5 cm³/mol. The first-order valence-electron chi connectivity index (χ1n) is 5.11. The number of methoxy groups -OCH3 is 1. The highest BCUT2D eigenvalue weighted by Crippen LogP contribution is 2.23. The Morgan fingerprint density at radius 3 is 3.00 bits per heavy atom. The molecule has 0 radical (unpaired) electrons. The van der Waals surface area contributed by atoms with Crippen LogP contribution in [-0.4, -0.2) is 24.7 Å². The van der Waals surface area contributed by atoms with Gasteiger partial charge < -0.3 is 14.9 Å². The molecule has 0 saturated carbocycles. The van der Waals surface area contributed by atoms with Gasteiger partial charge in [0, 0.05) is 19.7 Å². The quantitative estimate of drug-likeness (QED) is 0.913. The molecule has 2 aromatic rings. The molecule has 0 fully saturated rings. The van der Waals surface area contributed by atoms with E-state index in [1.54, 1.807) is 7.11 Å². The second-order valence-electron chi connectivity index (χ2n) is 3.64. The zero-order chi connectivity index (χ0) is 12.4. The van der Waals surface area contributed by atoms with Crippen LogP contribution in [0.4, 0.5) is 4.39 Å². The van der Waals surface area contributed by atoms with Gasteiger partial charge in [-0.1, -0.05) is 11.6 Å². The van der Waals surface area contributed by atoms with E-state index < -0.39 is 5.82 Å². The van der Waals surface area contributed by atoms with Crippen LogP contribution in [0.2, 0.25) is 5.02 Å². The standard InChI is InChI=1S/C11H12ClFN2O2/c1-16-6(5-14)2-11-15-9-3-7(12)8(13)4-10(9)17-11/h3-4,6H,2,5,14H2,1H3. The largest absolute Gasteiger partial charge is 0.440 e. The third kappa shape index (κ3) is 2.57. The second-order valence-corrected chi connectivity index (χ2v) is 4.05. The lowest BCUT2D eigenvalue weighted by Gasteiger charge is -2.09. The molecule has 1 atom stereocenters. The van der Waals surface area contributed by atoms with E-state index in [-0.39, 0.29) is 11.1 Å². The fourth-order valence-corrected chi connectivity index (χ4v) is 1.67. The van der Waals surface area contributed by atoms with Gasteiger partial charge in [-0.05, 0) is 6.07 Å². The molecule has 4 nitrogen and oxygen atoms in total. The molecule has 0 saturated heterocycles. The topological polar surface area (TPSA) is 61.3 Å². The maximum absolute atomic E-state index is 13.2. The maximum Gasteiger partial charge on any atom is 0.198 e. The fourth-order valence-electron chi connectivity index (χ4n) is 1.52. The first-order chi connectivity index (χ1) is 8.13. The van der Waals surface area contributed by atoms with Crippen molar-refractivity contribution in [1.82, 2.24) is 4.98 Å². The van der Waals surface area contributed by atoms with Crippen LogP contribution >= 0.6 is 11.6 Å². The minimum atomic E-state index is -0.524. The summed E-state index contributed by atoms with van der Waals surface area (Å²) in [7, 11) is 1.57. The lowest BCUT2D eigenvalue weighted by atomic mass is 10.2. The van der Waals surface area contributed by atoms with E-state index in [0.717, 1.165) is 0 Å². The van der Waals surface area contributed by atoms with E-state index in [9.17, 15) is 4.39 Å². The molecule has 2 rings (SSSR count). The van der Waals surface area contributed by atoms with Gasteiger partial charge in [0.15, 0.2) is 11.5 Å². The maximum atomic E-state index is 13.2. The molecule has 1 heterocycles.